The highest BCUT2D eigenvalue weighted by Gasteiger charge is 2.11. The van der Waals surface area contributed by atoms with E-state index in [9.17, 15) is 9.90 Å². The fourth-order valence-corrected chi connectivity index (χ4v) is 1.24. The van der Waals surface area contributed by atoms with E-state index in [4.69, 9.17) is 0 Å². The van der Waals surface area contributed by atoms with E-state index < -0.39 is 0 Å². The van der Waals surface area contributed by atoms with Crippen LogP contribution in [0.4, 0.5) is 0 Å². The second-order valence-electron chi connectivity index (χ2n) is 3.33. The molecule has 3 N–H and O–H groups in total. The van der Waals surface area contributed by atoms with E-state index in [0.29, 0.717) is 24.2 Å². The minimum atomic E-state index is -0.244. The molecule has 0 atom stereocenters. The van der Waals surface area contributed by atoms with E-state index in [1.165, 1.54) is 0 Å². The molecule has 0 heterocycles. The standard InChI is InChI=1S/C11H16N2O2/c1-8-4-3-5-9(10(8)14)11(15)13-7-6-12-2/h3-5,12,14H,6-7H2,1-2H3,(H,13,15). The van der Waals surface area contributed by atoms with Gasteiger partial charge in [-0.05, 0) is 25.6 Å². The smallest absolute Gasteiger partial charge is 0.255 e. The summed E-state index contributed by atoms with van der Waals surface area (Å²) in [6.07, 6.45) is 0. The molecular weight excluding hydrogens is 192 g/mol. The van der Waals surface area contributed by atoms with E-state index in [1.54, 1.807) is 25.1 Å². The van der Waals surface area contributed by atoms with Gasteiger partial charge in [0.2, 0.25) is 0 Å². The molecule has 1 aromatic carbocycles. The molecule has 0 aliphatic carbocycles. The highest BCUT2D eigenvalue weighted by Crippen LogP contribution is 2.20. The van der Waals surface area contributed by atoms with Crippen LogP contribution >= 0.6 is 0 Å². The van der Waals surface area contributed by atoms with Crippen LogP contribution in [-0.2, 0) is 0 Å². The van der Waals surface area contributed by atoms with Crippen LogP contribution in [0.3, 0.4) is 0 Å². The number of amides is 1. The molecule has 0 saturated heterocycles. The van der Waals surface area contributed by atoms with Crippen molar-refractivity contribution < 1.29 is 9.90 Å². The van der Waals surface area contributed by atoms with Gasteiger partial charge in [-0.25, -0.2) is 0 Å². The van der Waals surface area contributed by atoms with Gasteiger partial charge in [0, 0.05) is 13.1 Å². The van der Waals surface area contributed by atoms with Crippen LogP contribution in [0.25, 0.3) is 0 Å². The van der Waals surface area contributed by atoms with E-state index in [1.807, 2.05) is 7.05 Å². The molecule has 4 nitrogen and oxygen atoms in total. The number of rotatable bonds is 4. The molecular formula is C11H16N2O2. The zero-order valence-electron chi connectivity index (χ0n) is 9.00. The van der Waals surface area contributed by atoms with E-state index in [2.05, 4.69) is 10.6 Å². The molecule has 82 valence electrons. The monoisotopic (exact) mass is 208 g/mol. The highest BCUT2D eigenvalue weighted by atomic mass is 16.3. The number of hydrogen-bond acceptors (Lipinski definition) is 3. The van der Waals surface area contributed by atoms with E-state index in [0.717, 1.165) is 0 Å². The number of para-hydroxylation sites is 1. The minimum absolute atomic E-state index is 0.0551. The zero-order valence-corrected chi connectivity index (χ0v) is 9.00. The van der Waals surface area contributed by atoms with Crippen molar-refractivity contribution in [1.29, 1.82) is 0 Å². The molecule has 1 amide bonds. The van der Waals surface area contributed by atoms with Gasteiger partial charge < -0.3 is 15.7 Å². The van der Waals surface area contributed by atoms with Crippen LogP contribution < -0.4 is 10.6 Å². The van der Waals surface area contributed by atoms with Crippen LogP contribution in [0, 0.1) is 6.92 Å². The lowest BCUT2D eigenvalue weighted by atomic mass is 10.1. The third kappa shape index (κ3) is 2.95. The molecule has 15 heavy (non-hydrogen) atoms. The number of likely N-dealkylation sites (N-methyl/N-ethyl adjacent to an activating group) is 1. The van der Waals surface area contributed by atoms with Crippen LogP contribution in [0.15, 0.2) is 18.2 Å². The van der Waals surface area contributed by atoms with Gasteiger partial charge in [-0.1, -0.05) is 12.1 Å². The number of aromatic hydroxyl groups is 1. The second kappa shape index (κ2) is 5.36. The third-order valence-corrected chi connectivity index (χ3v) is 2.14. The van der Waals surface area contributed by atoms with Crippen molar-refractivity contribution in [3.05, 3.63) is 29.3 Å². The van der Waals surface area contributed by atoms with Crippen molar-refractivity contribution in [2.45, 2.75) is 6.92 Å². The molecule has 1 rings (SSSR count). The first-order valence-corrected chi connectivity index (χ1v) is 4.88. The Morgan fingerprint density at radius 2 is 2.13 bits per heavy atom. The van der Waals surface area contributed by atoms with Gasteiger partial charge >= 0.3 is 0 Å². The van der Waals surface area contributed by atoms with Crippen LogP contribution in [0.2, 0.25) is 0 Å². The highest BCUT2D eigenvalue weighted by molar-refractivity contribution is 5.97. The van der Waals surface area contributed by atoms with Crippen molar-refractivity contribution in [3.63, 3.8) is 0 Å². The number of phenols is 1. The van der Waals surface area contributed by atoms with Crippen LogP contribution in [0.1, 0.15) is 15.9 Å². The fourth-order valence-electron chi connectivity index (χ4n) is 1.24. The van der Waals surface area contributed by atoms with Gasteiger partial charge in [-0.2, -0.15) is 0 Å². The summed E-state index contributed by atoms with van der Waals surface area (Å²) in [6, 6.07) is 5.12. The summed E-state index contributed by atoms with van der Waals surface area (Å²) in [5.74, 6) is -0.189. The number of hydrogen-bond donors (Lipinski definition) is 3. The zero-order chi connectivity index (χ0) is 11.3. The molecule has 0 aliphatic heterocycles. The lowest BCUT2D eigenvalue weighted by Crippen LogP contribution is -2.30. The molecule has 0 fully saturated rings. The normalized spacial score (nSPS) is 10.0. The average Bonchev–Trinajstić information content (AvgIpc) is 2.22. The maximum atomic E-state index is 11.6. The molecule has 0 radical (unpaired) electrons. The number of nitrogens with one attached hydrogen (secondary N) is 2. The Labute approximate surface area is 89.3 Å². The lowest BCUT2D eigenvalue weighted by molar-refractivity contribution is 0.0951. The summed E-state index contributed by atoms with van der Waals surface area (Å²) in [6.45, 7) is 3.01. The van der Waals surface area contributed by atoms with Crippen molar-refractivity contribution in [3.8, 4) is 5.75 Å². The van der Waals surface area contributed by atoms with Crippen LogP contribution in [0.5, 0.6) is 5.75 Å². The minimum Gasteiger partial charge on any atom is -0.507 e. The molecule has 0 spiro atoms. The van der Waals surface area contributed by atoms with Crippen molar-refractivity contribution in [2.24, 2.45) is 0 Å². The van der Waals surface area contributed by atoms with Crippen molar-refractivity contribution >= 4 is 5.91 Å². The molecule has 0 aromatic heterocycles. The van der Waals surface area contributed by atoms with E-state index >= 15 is 0 Å². The predicted molar refractivity (Wildman–Crippen MR) is 59.1 cm³/mol. The Kier molecular flexibility index (Phi) is 4.12. The number of carbonyl (C=O) groups excluding carboxylic acids is 1. The van der Waals surface area contributed by atoms with Crippen molar-refractivity contribution in [1.82, 2.24) is 10.6 Å². The number of phenolic OH excluding ortho intramolecular Hbond substituents is 1. The molecule has 0 bridgehead atoms. The summed E-state index contributed by atoms with van der Waals surface area (Å²) < 4.78 is 0. The molecule has 1 aromatic rings. The maximum absolute atomic E-state index is 11.6. The Morgan fingerprint density at radius 3 is 2.80 bits per heavy atom. The van der Waals surface area contributed by atoms with Crippen molar-refractivity contribution in [2.75, 3.05) is 20.1 Å². The second-order valence-corrected chi connectivity index (χ2v) is 3.33. The Hall–Kier alpha value is -1.55. The Balaban J connectivity index is 2.69. The SMILES string of the molecule is CNCCNC(=O)c1cccc(C)c1O. The Morgan fingerprint density at radius 1 is 1.40 bits per heavy atom. The molecule has 4 heteroatoms. The first kappa shape index (κ1) is 11.5. The van der Waals surface area contributed by atoms with Gasteiger partial charge in [0.05, 0.1) is 5.56 Å². The maximum Gasteiger partial charge on any atom is 0.255 e. The van der Waals surface area contributed by atoms with Gasteiger partial charge in [0.1, 0.15) is 5.75 Å². The summed E-state index contributed by atoms with van der Waals surface area (Å²) in [4.78, 5) is 11.6. The molecule has 0 aliphatic rings. The third-order valence-electron chi connectivity index (χ3n) is 2.14. The van der Waals surface area contributed by atoms with Gasteiger partial charge in [0.25, 0.3) is 5.91 Å². The fraction of sp³-hybridized carbons (Fsp3) is 0.364. The first-order valence-electron chi connectivity index (χ1n) is 4.88. The summed E-state index contributed by atoms with van der Waals surface area (Å²) in [5, 5.41) is 15.3. The van der Waals surface area contributed by atoms with Gasteiger partial charge in [-0.15, -0.1) is 0 Å². The molecule has 0 unspecified atom stereocenters. The average molecular weight is 208 g/mol. The van der Waals surface area contributed by atoms with Gasteiger partial charge in [-0.3, -0.25) is 4.79 Å². The topological polar surface area (TPSA) is 61.4 Å². The number of aryl methyl sites for hydroxylation is 1. The molecule has 0 saturated carbocycles. The first-order chi connectivity index (χ1) is 7.16. The largest absolute Gasteiger partial charge is 0.507 e. The predicted octanol–water partition coefficient (Wildman–Crippen LogP) is 0.650. The number of benzene rings is 1. The summed E-state index contributed by atoms with van der Waals surface area (Å²) in [7, 11) is 1.82. The van der Waals surface area contributed by atoms with Crippen LogP contribution in [-0.4, -0.2) is 31.2 Å². The van der Waals surface area contributed by atoms with E-state index in [-0.39, 0.29) is 11.7 Å². The lowest BCUT2D eigenvalue weighted by Gasteiger charge is -2.07. The Bertz CT molecular complexity index is 350. The quantitative estimate of drug-likeness (QED) is 0.637. The van der Waals surface area contributed by atoms with Gasteiger partial charge in [0.15, 0.2) is 0 Å². The summed E-state index contributed by atoms with van der Waals surface area (Å²) in [5.41, 5.74) is 1.03. The summed E-state index contributed by atoms with van der Waals surface area (Å²) >= 11 is 0. The number of carbonyl (C=O) groups is 1.